The van der Waals surface area contributed by atoms with E-state index in [0.29, 0.717) is 0 Å². The number of aromatic hydroxyl groups is 1. The molecule has 0 bridgehead atoms. The molecule has 0 saturated carbocycles. The molecule has 2 atom stereocenters. The second-order valence-corrected chi connectivity index (χ2v) is 5.39. The Morgan fingerprint density at radius 2 is 1.67 bits per heavy atom. The first kappa shape index (κ1) is 13.7. The third-order valence-corrected chi connectivity index (χ3v) is 3.76. The summed E-state index contributed by atoms with van der Waals surface area (Å²) in [7, 11) is 0. The molecule has 2 aromatic carbocycles. The third kappa shape index (κ3) is 2.93. The van der Waals surface area contributed by atoms with E-state index < -0.39 is 0 Å². The van der Waals surface area contributed by atoms with Gasteiger partial charge in [-0.2, -0.15) is 0 Å². The predicted octanol–water partition coefficient (Wildman–Crippen LogP) is 4.55. The van der Waals surface area contributed by atoms with E-state index >= 15 is 0 Å². The number of fused-ring (bicyclic) bond motifs is 1. The molecule has 3 heteroatoms. The summed E-state index contributed by atoms with van der Waals surface area (Å²) in [5, 5.41) is 14.0. The molecule has 108 valence electrons. The van der Waals surface area contributed by atoms with Gasteiger partial charge in [0.25, 0.3) is 0 Å². The van der Waals surface area contributed by atoms with Gasteiger partial charge >= 0.3 is 0 Å². The van der Waals surface area contributed by atoms with Crippen LogP contribution in [0.4, 0.5) is 0 Å². The van der Waals surface area contributed by atoms with Crippen LogP contribution in [0.2, 0.25) is 0 Å². The van der Waals surface area contributed by atoms with Crippen LogP contribution in [0.1, 0.15) is 37.3 Å². The molecule has 0 aliphatic rings. The number of hydrogen-bond acceptors (Lipinski definition) is 3. The van der Waals surface area contributed by atoms with E-state index in [-0.39, 0.29) is 17.8 Å². The molecule has 2 N–H and O–H groups in total. The van der Waals surface area contributed by atoms with Gasteiger partial charge in [0, 0.05) is 11.4 Å². The average molecular weight is 281 g/mol. The molecule has 3 rings (SSSR count). The molecule has 0 spiro atoms. The van der Waals surface area contributed by atoms with E-state index in [4.69, 9.17) is 4.42 Å². The molecule has 0 fully saturated rings. The fourth-order valence-electron chi connectivity index (χ4n) is 2.53. The maximum atomic E-state index is 9.34. The van der Waals surface area contributed by atoms with Crippen LogP contribution in [0.5, 0.6) is 5.75 Å². The zero-order valence-corrected chi connectivity index (χ0v) is 12.2. The number of para-hydroxylation sites is 1. The first-order chi connectivity index (χ1) is 10.1. The molecule has 2 unspecified atom stereocenters. The number of phenolic OH excluding ortho intramolecular Hbond substituents is 1. The predicted molar refractivity (Wildman–Crippen MR) is 84.3 cm³/mol. The van der Waals surface area contributed by atoms with Crippen molar-refractivity contribution in [2.24, 2.45) is 0 Å². The number of phenols is 1. The lowest BCUT2D eigenvalue weighted by atomic mass is 10.1. The van der Waals surface area contributed by atoms with Crippen LogP contribution in [-0.2, 0) is 0 Å². The minimum Gasteiger partial charge on any atom is -0.508 e. The first-order valence-corrected chi connectivity index (χ1v) is 7.17. The Hall–Kier alpha value is -2.26. The molecule has 3 aromatic rings. The standard InChI is InChI=1S/C18H19NO2/c1-12(14-7-9-16(20)10-8-14)19-13(2)18-11-15-5-3-4-6-17(15)21-18/h3-13,19-20H,1-2H3. The SMILES string of the molecule is CC(NC(C)c1cc2ccccc2o1)c1ccc(O)cc1. The van der Waals surface area contributed by atoms with Crippen LogP contribution in [0.15, 0.2) is 59.0 Å². The van der Waals surface area contributed by atoms with E-state index in [1.807, 2.05) is 30.3 Å². The van der Waals surface area contributed by atoms with E-state index in [9.17, 15) is 5.11 Å². The van der Waals surface area contributed by atoms with Crippen molar-refractivity contribution in [3.8, 4) is 5.75 Å². The van der Waals surface area contributed by atoms with Gasteiger partial charge < -0.3 is 14.8 Å². The minimum absolute atomic E-state index is 0.112. The molecule has 0 aliphatic heterocycles. The number of hydrogen-bond donors (Lipinski definition) is 2. The van der Waals surface area contributed by atoms with Crippen molar-refractivity contribution in [3.63, 3.8) is 0 Å². The topological polar surface area (TPSA) is 45.4 Å². The molecule has 1 aromatic heterocycles. The van der Waals surface area contributed by atoms with Crippen LogP contribution < -0.4 is 5.32 Å². The summed E-state index contributed by atoms with van der Waals surface area (Å²) < 4.78 is 5.88. The maximum absolute atomic E-state index is 9.34. The maximum Gasteiger partial charge on any atom is 0.134 e. The van der Waals surface area contributed by atoms with Crippen LogP contribution in [0, 0.1) is 0 Å². The van der Waals surface area contributed by atoms with Crippen molar-refractivity contribution < 1.29 is 9.52 Å². The zero-order chi connectivity index (χ0) is 14.8. The average Bonchev–Trinajstić information content (AvgIpc) is 2.92. The van der Waals surface area contributed by atoms with Crippen molar-refractivity contribution in [2.45, 2.75) is 25.9 Å². The van der Waals surface area contributed by atoms with Gasteiger partial charge in [-0.25, -0.2) is 0 Å². The minimum atomic E-state index is 0.112. The Morgan fingerprint density at radius 3 is 2.38 bits per heavy atom. The molecule has 21 heavy (non-hydrogen) atoms. The van der Waals surface area contributed by atoms with Gasteiger partial charge in [0.1, 0.15) is 17.1 Å². The molecule has 0 radical (unpaired) electrons. The van der Waals surface area contributed by atoms with Crippen LogP contribution >= 0.6 is 0 Å². The highest BCUT2D eigenvalue weighted by molar-refractivity contribution is 5.77. The number of furan rings is 1. The zero-order valence-electron chi connectivity index (χ0n) is 12.2. The summed E-state index contributed by atoms with van der Waals surface area (Å²) in [6.45, 7) is 4.19. The van der Waals surface area contributed by atoms with Gasteiger partial charge in [-0.05, 0) is 43.7 Å². The van der Waals surface area contributed by atoms with Crippen molar-refractivity contribution >= 4 is 11.0 Å². The van der Waals surface area contributed by atoms with Crippen molar-refractivity contribution in [3.05, 3.63) is 65.9 Å². The molecule has 0 amide bonds. The number of benzene rings is 2. The van der Waals surface area contributed by atoms with E-state index in [0.717, 1.165) is 22.3 Å². The summed E-state index contributed by atoms with van der Waals surface area (Å²) >= 11 is 0. The van der Waals surface area contributed by atoms with Gasteiger partial charge in [0.05, 0.1) is 6.04 Å². The lowest BCUT2D eigenvalue weighted by molar-refractivity contribution is 0.417. The van der Waals surface area contributed by atoms with E-state index in [1.165, 1.54) is 0 Å². The lowest BCUT2D eigenvalue weighted by Crippen LogP contribution is -2.22. The quantitative estimate of drug-likeness (QED) is 0.737. The lowest BCUT2D eigenvalue weighted by Gasteiger charge is -2.18. The Morgan fingerprint density at radius 1 is 0.952 bits per heavy atom. The number of nitrogens with one attached hydrogen (secondary N) is 1. The second-order valence-electron chi connectivity index (χ2n) is 5.39. The van der Waals surface area contributed by atoms with Crippen LogP contribution in [0.3, 0.4) is 0 Å². The second kappa shape index (κ2) is 5.62. The van der Waals surface area contributed by atoms with Crippen LogP contribution in [-0.4, -0.2) is 5.11 Å². The summed E-state index contributed by atoms with van der Waals surface area (Å²) in [5.41, 5.74) is 2.05. The highest BCUT2D eigenvalue weighted by Crippen LogP contribution is 2.26. The van der Waals surface area contributed by atoms with Gasteiger partial charge in [-0.3, -0.25) is 0 Å². The molecule has 3 nitrogen and oxygen atoms in total. The first-order valence-electron chi connectivity index (χ1n) is 7.17. The summed E-state index contributed by atoms with van der Waals surface area (Å²) in [4.78, 5) is 0. The van der Waals surface area contributed by atoms with Gasteiger partial charge in [-0.1, -0.05) is 30.3 Å². The molecule has 0 aliphatic carbocycles. The van der Waals surface area contributed by atoms with Crippen molar-refractivity contribution in [1.82, 2.24) is 5.32 Å². The molecule has 1 heterocycles. The number of rotatable bonds is 4. The Kier molecular flexibility index (Phi) is 3.67. The van der Waals surface area contributed by atoms with E-state index in [2.05, 4.69) is 31.3 Å². The fourth-order valence-corrected chi connectivity index (χ4v) is 2.53. The molecular weight excluding hydrogens is 262 g/mol. The smallest absolute Gasteiger partial charge is 0.134 e. The van der Waals surface area contributed by atoms with E-state index in [1.54, 1.807) is 12.1 Å². The normalized spacial score (nSPS) is 14.2. The third-order valence-electron chi connectivity index (χ3n) is 3.76. The molecular formula is C18H19NO2. The van der Waals surface area contributed by atoms with Gasteiger partial charge in [0.2, 0.25) is 0 Å². The van der Waals surface area contributed by atoms with Crippen molar-refractivity contribution in [2.75, 3.05) is 0 Å². The monoisotopic (exact) mass is 281 g/mol. The van der Waals surface area contributed by atoms with Gasteiger partial charge in [-0.15, -0.1) is 0 Å². The Bertz CT molecular complexity index is 697. The fraction of sp³-hybridized carbons (Fsp3) is 0.222. The highest BCUT2D eigenvalue weighted by Gasteiger charge is 2.14. The summed E-state index contributed by atoms with van der Waals surface area (Å²) in [6, 6.07) is 17.7. The Balaban J connectivity index is 1.75. The van der Waals surface area contributed by atoms with Gasteiger partial charge in [0.15, 0.2) is 0 Å². The van der Waals surface area contributed by atoms with Crippen LogP contribution in [0.25, 0.3) is 11.0 Å². The van der Waals surface area contributed by atoms with Crippen molar-refractivity contribution in [1.29, 1.82) is 0 Å². The summed E-state index contributed by atoms with van der Waals surface area (Å²) in [5.74, 6) is 1.22. The highest BCUT2D eigenvalue weighted by atomic mass is 16.3. The molecule has 0 saturated heterocycles. The summed E-state index contributed by atoms with van der Waals surface area (Å²) in [6.07, 6.45) is 0. The largest absolute Gasteiger partial charge is 0.508 e. The Labute approximate surface area is 124 Å².